The van der Waals surface area contributed by atoms with E-state index in [0.29, 0.717) is 8.04 Å². The number of nitrogens with zero attached hydrogens (tertiary/aromatic N) is 1. The predicted octanol–water partition coefficient (Wildman–Crippen LogP) is 4.14. The standard InChI is InChI=1S/C9H4BrF3IN/c10-7-2-1-6(9(11,12)13)5(3-4-15)8(7)14/h1-2H,3H2. The Balaban J connectivity index is 3.41. The molecule has 0 saturated carbocycles. The molecule has 0 bridgehead atoms. The van der Waals surface area contributed by atoms with Crippen LogP contribution in [-0.4, -0.2) is 0 Å². The maximum absolute atomic E-state index is 12.6. The topological polar surface area (TPSA) is 23.8 Å². The highest BCUT2D eigenvalue weighted by molar-refractivity contribution is 14.1. The van der Waals surface area contributed by atoms with E-state index < -0.39 is 11.7 Å². The molecule has 0 atom stereocenters. The molecule has 1 aromatic rings. The van der Waals surface area contributed by atoms with Gasteiger partial charge < -0.3 is 0 Å². The maximum Gasteiger partial charge on any atom is 0.416 e. The number of halogens is 5. The summed E-state index contributed by atoms with van der Waals surface area (Å²) in [5, 5.41) is 8.49. The van der Waals surface area contributed by atoms with Crippen LogP contribution in [0.15, 0.2) is 16.6 Å². The Bertz CT molecular complexity index is 423. The van der Waals surface area contributed by atoms with Gasteiger partial charge >= 0.3 is 6.18 Å². The van der Waals surface area contributed by atoms with Gasteiger partial charge in [0.05, 0.1) is 18.1 Å². The minimum Gasteiger partial charge on any atom is -0.198 e. The quantitative estimate of drug-likeness (QED) is 0.662. The Morgan fingerprint density at radius 3 is 2.47 bits per heavy atom. The van der Waals surface area contributed by atoms with Crippen molar-refractivity contribution in [3.63, 3.8) is 0 Å². The van der Waals surface area contributed by atoms with Crippen LogP contribution in [0.25, 0.3) is 0 Å². The lowest BCUT2D eigenvalue weighted by Gasteiger charge is -2.13. The second kappa shape index (κ2) is 4.70. The first kappa shape index (κ1) is 12.8. The van der Waals surface area contributed by atoms with Crippen molar-refractivity contribution in [2.45, 2.75) is 12.6 Å². The summed E-state index contributed by atoms with van der Waals surface area (Å²) in [5.41, 5.74) is -0.711. The molecule has 6 heteroatoms. The number of nitriles is 1. The Morgan fingerprint density at radius 2 is 2.00 bits per heavy atom. The highest BCUT2D eigenvalue weighted by Crippen LogP contribution is 2.36. The van der Waals surface area contributed by atoms with Crippen LogP contribution in [0, 0.1) is 14.9 Å². The van der Waals surface area contributed by atoms with Crippen LogP contribution in [0.2, 0.25) is 0 Å². The van der Waals surface area contributed by atoms with Crippen molar-refractivity contribution >= 4 is 38.5 Å². The minimum absolute atomic E-state index is 0.0278. The zero-order valence-electron chi connectivity index (χ0n) is 7.20. The van der Waals surface area contributed by atoms with Gasteiger partial charge in [-0.25, -0.2) is 0 Å². The van der Waals surface area contributed by atoms with Gasteiger partial charge in [-0.3, -0.25) is 0 Å². The average molecular weight is 390 g/mol. The van der Waals surface area contributed by atoms with Crippen LogP contribution >= 0.6 is 38.5 Å². The van der Waals surface area contributed by atoms with Gasteiger partial charge in [0.25, 0.3) is 0 Å². The van der Waals surface area contributed by atoms with Gasteiger partial charge in [-0.15, -0.1) is 0 Å². The minimum atomic E-state index is -4.41. The molecular weight excluding hydrogens is 386 g/mol. The van der Waals surface area contributed by atoms with Crippen molar-refractivity contribution < 1.29 is 13.2 Å². The zero-order chi connectivity index (χ0) is 11.6. The summed E-state index contributed by atoms with van der Waals surface area (Å²) in [5.74, 6) is 0. The first-order valence-corrected chi connectivity index (χ1v) is 5.66. The van der Waals surface area contributed by atoms with Crippen LogP contribution in [-0.2, 0) is 12.6 Å². The monoisotopic (exact) mass is 389 g/mol. The summed E-state index contributed by atoms with van der Waals surface area (Å²) in [6, 6.07) is 4.06. The Hall–Kier alpha value is -0.290. The Morgan fingerprint density at radius 1 is 1.40 bits per heavy atom. The van der Waals surface area contributed by atoms with Gasteiger partial charge in [-0.2, -0.15) is 18.4 Å². The molecule has 0 spiro atoms. The number of hydrogen-bond acceptors (Lipinski definition) is 1. The third-order valence-electron chi connectivity index (χ3n) is 1.76. The normalized spacial score (nSPS) is 11.2. The predicted molar refractivity (Wildman–Crippen MR) is 61.2 cm³/mol. The third-order valence-corrected chi connectivity index (χ3v) is 4.39. The summed E-state index contributed by atoms with van der Waals surface area (Å²) in [6.45, 7) is 0. The second-order valence-electron chi connectivity index (χ2n) is 2.72. The molecule has 80 valence electrons. The highest BCUT2D eigenvalue weighted by atomic mass is 127. The van der Waals surface area contributed by atoms with Crippen molar-refractivity contribution in [1.82, 2.24) is 0 Å². The SMILES string of the molecule is N#CCc1c(C(F)(F)F)ccc(Br)c1I. The van der Waals surface area contributed by atoms with Crippen molar-refractivity contribution in [3.8, 4) is 6.07 Å². The molecule has 0 heterocycles. The lowest BCUT2D eigenvalue weighted by atomic mass is 10.1. The molecule has 0 aliphatic heterocycles. The van der Waals surface area contributed by atoms with Crippen molar-refractivity contribution in [1.29, 1.82) is 5.26 Å². The van der Waals surface area contributed by atoms with Crippen molar-refractivity contribution in [2.75, 3.05) is 0 Å². The molecule has 0 aliphatic rings. The summed E-state index contributed by atoms with van der Waals surface area (Å²) >= 11 is 4.93. The van der Waals surface area contributed by atoms with E-state index in [-0.39, 0.29) is 12.0 Å². The molecule has 1 aromatic carbocycles. The first-order chi connectivity index (χ1) is 6.88. The van der Waals surface area contributed by atoms with Crippen molar-refractivity contribution in [2.24, 2.45) is 0 Å². The van der Waals surface area contributed by atoms with E-state index >= 15 is 0 Å². The number of alkyl halides is 3. The van der Waals surface area contributed by atoms with Crippen LogP contribution in [0.5, 0.6) is 0 Å². The second-order valence-corrected chi connectivity index (χ2v) is 4.65. The molecular formula is C9H4BrF3IN. The molecule has 15 heavy (non-hydrogen) atoms. The molecule has 0 unspecified atom stereocenters. The fraction of sp³-hybridized carbons (Fsp3) is 0.222. The lowest BCUT2D eigenvalue weighted by molar-refractivity contribution is -0.138. The maximum atomic E-state index is 12.6. The summed E-state index contributed by atoms with van der Waals surface area (Å²) in [4.78, 5) is 0. The largest absolute Gasteiger partial charge is 0.416 e. The van der Waals surface area contributed by atoms with E-state index in [1.807, 2.05) is 0 Å². The molecule has 0 fully saturated rings. The zero-order valence-corrected chi connectivity index (χ0v) is 10.9. The molecule has 0 amide bonds. The molecule has 1 rings (SSSR count). The van der Waals surface area contributed by atoms with E-state index in [9.17, 15) is 13.2 Å². The third kappa shape index (κ3) is 2.84. The van der Waals surface area contributed by atoms with Crippen LogP contribution in [0.4, 0.5) is 13.2 Å². The summed E-state index contributed by atoms with van der Waals surface area (Å²) < 4.78 is 38.7. The molecule has 1 nitrogen and oxygen atoms in total. The summed E-state index contributed by atoms with van der Waals surface area (Å²) in [6.07, 6.45) is -4.65. The van der Waals surface area contributed by atoms with Crippen LogP contribution < -0.4 is 0 Å². The van der Waals surface area contributed by atoms with Gasteiger partial charge in [0, 0.05) is 8.04 Å². The first-order valence-electron chi connectivity index (χ1n) is 3.79. The average Bonchev–Trinajstić information content (AvgIpc) is 2.11. The number of hydrogen-bond donors (Lipinski definition) is 0. The van der Waals surface area contributed by atoms with Gasteiger partial charge in [0.15, 0.2) is 0 Å². The van der Waals surface area contributed by atoms with Gasteiger partial charge in [0.1, 0.15) is 0 Å². The highest BCUT2D eigenvalue weighted by Gasteiger charge is 2.34. The molecule has 0 aliphatic carbocycles. The Labute approximate surface area is 107 Å². The Kier molecular flexibility index (Phi) is 4.00. The van der Waals surface area contributed by atoms with Gasteiger partial charge in [-0.05, 0) is 56.2 Å². The fourth-order valence-corrected chi connectivity index (χ4v) is 2.14. The van der Waals surface area contributed by atoms with Crippen LogP contribution in [0.3, 0.4) is 0 Å². The van der Waals surface area contributed by atoms with Gasteiger partial charge in [-0.1, -0.05) is 0 Å². The van der Waals surface area contributed by atoms with Crippen molar-refractivity contribution in [3.05, 3.63) is 31.3 Å². The molecule has 0 radical (unpaired) electrons. The smallest absolute Gasteiger partial charge is 0.198 e. The fourth-order valence-electron chi connectivity index (χ4n) is 1.11. The number of rotatable bonds is 1. The number of benzene rings is 1. The van der Waals surface area contributed by atoms with E-state index in [0.717, 1.165) is 6.07 Å². The van der Waals surface area contributed by atoms with E-state index in [4.69, 9.17) is 5.26 Å². The van der Waals surface area contributed by atoms with Gasteiger partial charge in [0.2, 0.25) is 0 Å². The van der Waals surface area contributed by atoms with E-state index in [2.05, 4.69) is 15.9 Å². The summed E-state index contributed by atoms with van der Waals surface area (Å²) in [7, 11) is 0. The van der Waals surface area contributed by atoms with Crippen LogP contribution in [0.1, 0.15) is 11.1 Å². The lowest BCUT2D eigenvalue weighted by Crippen LogP contribution is -2.10. The molecule has 0 aromatic heterocycles. The molecule has 0 saturated heterocycles. The van der Waals surface area contributed by atoms with E-state index in [1.54, 1.807) is 28.7 Å². The molecule has 0 N–H and O–H groups in total. The van der Waals surface area contributed by atoms with E-state index in [1.165, 1.54) is 6.07 Å².